The van der Waals surface area contributed by atoms with E-state index in [0.29, 0.717) is 0 Å². The molecule has 1 aliphatic heterocycles. The number of hydrogen-bond acceptors (Lipinski definition) is 2. The second-order valence-electron chi connectivity index (χ2n) is 4.10. The summed E-state index contributed by atoms with van der Waals surface area (Å²) >= 11 is 0. The van der Waals surface area contributed by atoms with Crippen molar-refractivity contribution < 1.29 is 0 Å². The molecular formula is C12H18N2. The molecule has 0 bridgehead atoms. The van der Waals surface area contributed by atoms with Crippen LogP contribution in [0.2, 0.25) is 0 Å². The summed E-state index contributed by atoms with van der Waals surface area (Å²) in [5, 5.41) is 0. The van der Waals surface area contributed by atoms with Crippen molar-refractivity contribution in [3.8, 4) is 0 Å². The van der Waals surface area contributed by atoms with Crippen molar-refractivity contribution in [1.82, 2.24) is 4.90 Å². The number of aryl methyl sites for hydroxylation is 1. The third kappa shape index (κ3) is 1.62. The lowest BCUT2D eigenvalue weighted by Crippen LogP contribution is -2.30. The summed E-state index contributed by atoms with van der Waals surface area (Å²) in [7, 11) is 0. The fourth-order valence-corrected chi connectivity index (χ4v) is 2.08. The minimum absolute atomic E-state index is 0.939. The van der Waals surface area contributed by atoms with E-state index in [2.05, 4.69) is 30.9 Å². The van der Waals surface area contributed by atoms with Crippen LogP contribution in [0.5, 0.6) is 0 Å². The molecule has 1 heterocycles. The molecule has 0 spiro atoms. The maximum absolute atomic E-state index is 5.90. The van der Waals surface area contributed by atoms with Gasteiger partial charge in [0.2, 0.25) is 0 Å². The molecule has 76 valence electrons. The normalized spacial score (nSPS) is 16.7. The van der Waals surface area contributed by atoms with Crippen LogP contribution in [0.25, 0.3) is 0 Å². The Bertz CT molecular complexity index is 344. The third-order valence-corrected chi connectivity index (χ3v) is 3.13. The van der Waals surface area contributed by atoms with Crippen LogP contribution in [0.15, 0.2) is 12.1 Å². The minimum Gasteiger partial charge on any atom is -0.399 e. The number of anilines is 1. The molecule has 1 aromatic carbocycles. The Morgan fingerprint density at radius 2 is 2.14 bits per heavy atom. The maximum Gasteiger partial charge on any atom is 0.0346 e. The van der Waals surface area contributed by atoms with Crippen LogP contribution < -0.4 is 5.73 Å². The van der Waals surface area contributed by atoms with Gasteiger partial charge in [-0.1, -0.05) is 13.0 Å². The van der Waals surface area contributed by atoms with Crippen LogP contribution >= 0.6 is 0 Å². The Balaban J connectivity index is 2.33. The molecule has 2 nitrogen and oxygen atoms in total. The second-order valence-corrected chi connectivity index (χ2v) is 4.10. The van der Waals surface area contributed by atoms with Crippen LogP contribution in [-0.2, 0) is 13.0 Å². The number of fused-ring (bicyclic) bond motifs is 1. The molecule has 0 amide bonds. The van der Waals surface area contributed by atoms with Crippen LogP contribution in [0.3, 0.4) is 0 Å². The Morgan fingerprint density at radius 3 is 2.86 bits per heavy atom. The number of likely N-dealkylation sites (N-methyl/N-ethyl adjacent to an activating group) is 1. The monoisotopic (exact) mass is 190 g/mol. The molecule has 0 unspecified atom stereocenters. The average molecular weight is 190 g/mol. The van der Waals surface area contributed by atoms with E-state index in [9.17, 15) is 0 Å². The summed E-state index contributed by atoms with van der Waals surface area (Å²) in [6.45, 7) is 7.71. The van der Waals surface area contributed by atoms with Gasteiger partial charge in [-0.3, -0.25) is 4.90 Å². The van der Waals surface area contributed by atoms with Gasteiger partial charge in [-0.25, -0.2) is 0 Å². The summed E-state index contributed by atoms with van der Waals surface area (Å²) in [5.41, 5.74) is 11.0. The molecule has 0 saturated heterocycles. The molecule has 1 aliphatic rings. The molecule has 0 radical (unpaired) electrons. The van der Waals surface area contributed by atoms with E-state index in [4.69, 9.17) is 5.73 Å². The van der Waals surface area contributed by atoms with E-state index in [1.807, 2.05) is 0 Å². The largest absolute Gasteiger partial charge is 0.399 e. The van der Waals surface area contributed by atoms with Crippen LogP contribution in [-0.4, -0.2) is 18.0 Å². The molecule has 0 saturated carbocycles. The lowest BCUT2D eigenvalue weighted by atomic mass is 9.96. The van der Waals surface area contributed by atoms with Gasteiger partial charge in [-0.05, 0) is 42.6 Å². The second kappa shape index (κ2) is 3.62. The zero-order chi connectivity index (χ0) is 10.1. The summed E-state index contributed by atoms with van der Waals surface area (Å²) in [6.07, 6.45) is 1.15. The predicted octanol–water partition coefficient (Wildman–Crippen LogP) is 1.96. The molecule has 2 heteroatoms. The molecule has 0 atom stereocenters. The molecule has 1 aromatic rings. The topological polar surface area (TPSA) is 29.3 Å². The van der Waals surface area contributed by atoms with Gasteiger partial charge in [-0.15, -0.1) is 0 Å². The summed E-state index contributed by atoms with van der Waals surface area (Å²) in [4.78, 5) is 2.47. The Hall–Kier alpha value is -1.02. The van der Waals surface area contributed by atoms with Gasteiger partial charge in [0.1, 0.15) is 0 Å². The summed E-state index contributed by atoms with van der Waals surface area (Å²) < 4.78 is 0. The SMILES string of the molecule is CCN1CCc2cc(N)c(C)cc2C1. The van der Waals surface area contributed by atoms with Crippen molar-refractivity contribution in [2.24, 2.45) is 0 Å². The van der Waals surface area contributed by atoms with Gasteiger partial charge in [0.05, 0.1) is 0 Å². The van der Waals surface area contributed by atoms with Gasteiger partial charge in [-0.2, -0.15) is 0 Å². The van der Waals surface area contributed by atoms with E-state index in [-0.39, 0.29) is 0 Å². The highest BCUT2D eigenvalue weighted by atomic mass is 15.1. The highest BCUT2D eigenvalue weighted by Crippen LogP contribution is 2.23. The number of rotatable bonds is 1. The van der Waals surface area contributed by atoms with Crippen LogP contribution in [0, 0.1) is 6.92 Å². The molecule has 0 aromatic heterocycles. The van der Waals surface area contributed by atoms with Crippen molar-refractivity contribution in [3.05, 3.63) is 28.8 Å². The molecule has 2 rings (SSSR count). The zero-order valence-electron chi connectivity index (χ0n) is 9.01. The number of nitrogens with zero attached hydrogens (tertiary/aromatic N) is 1. The van der Waals surface area contributed by atoms with E-state index in [1.165, 1.54) is 23.2 Å². The van der Waals surface area contributed by atoms with Gasteiger partial charge >= 0.3 is 0 Å². The maximum atomic E-state index is 5.90. The lowest BCUT2D eigenvalue weighted by Gasteiger charge is -2.28. The standard InChI is InChI=1S/C12H18N2/c1-3-14-5-4-10-7-12(13)9(2)6-11(10)8-14/h6-7H,3-5,8,13H2,1-2H3. The van der Waals surface area contributed by atoms with Gasteiger partial charge < -0.3 is 5.73 Å². The quantitative estimate of drug-likeness (QED) is 0.686. The predicted molar refractivity (Wildman–Crippen MR) is 60.2 cm³/mol. The first kappa shape index (κ1) is 9.53. The third-order valence-electron chi connectivity index (χ3n) is 3.13. The molecule has 2 N–H and O–H groups in total. The van der Waals surface area contributed by atoms with E-state index in [1.54, 1.807) is 0 Å². The van der Waals surface area contributed by atoms with Crippen molar-refractivity contribution in [2.75, 3.05) is 18.8 Å². The molecule has 0 fully saturated rings. The number of hydrogen-bond donors (Lipinski definition) is 1. The summed E-state index contributed by atoms with van der Waals surface area (Å²) in [5.74, 6) is 0. The van der Waals surface area contributed by atoms with E-state index >= 15 is 0 Å². The van der Waals surface area contributed by atoms with Crippen LogP contribution in [0.4, 0.5) is 5.69 Å². The molecule has 0 aliphatic carbocycles. The first-order valence-electron chi connectivity index (χ1n) is 5.31. The average Bonchev–Trinajstić information content (AvgIpc) is 2.19. The van der Waals surface area contributed by atoms with Crippen molar-refractivity contribution in [2.45, 2.75) is 26.8 Å². The van der Waals surface area contributed by atoms with Gasteiger partial charge in [0.25, 0.3) is 0 Å². The highest BCUT2D eigenvalue weighted by Gasteiger charge is 2.15. The molecule has 14 heavy (non-hydrogen) atoms. The highest BCUT2D eigenvalue weighted by molar-refractivity contribution is 5.52. The van der Waals surface area contributed by atoms with Crippen molar-refractivity contribution in [3.63, 3.8) is 0 Å². The first-order valence-corrected chi connectivity index (χ1v) is 5.31. The van der Waals surface area contributed by atoms with Gasteiger partial charge in [0, 0.05) is 18.8 Å². The van der Waals surface area contributed by atoms with Crippen LogP contribution in [0.1, 0.15) is 23.6 Å². The fraction of sp³-hybridized carbons (Fsp3) is 0.500. The Labute approximate surface area is 85.7 Å². The Morgan fingerprint density at radius 1 is 1.36 bits per heavy atom. The number of benzene rings is 1. The van der Waals surface area contributed by atoms with Crippen molar-refractivity contribution in [1.29, 1.82) is 0 Å². The number of nitrogen functional groups attached to an aromatic ring is 1. The van der Waals surface area contributed by atoms with Gasteiger partial charge in [0.15, 0.2) is 0 Å². The Kier molecular flexibility index (Phi) is 2.46. The van der Waals surface area contributed by atoms with E-state index in [0.717, 1.165) is 25.2 Å². The van der Waals surface area contributed by atoms with Crippen molar-refractivity contribution >= 4 is 5.69 Å². The summed E-state index contributed by atoms with van der Waals surface area (Å²) in [6, 6.07) is 4.39. The van der Waals surface area contributed by atoms with E-state index < -0.39 is 0 Å². The first-order chi connectivity index (χ1) is 6.70. The zero-order valence-corrected chi connectivity index (χ0v) is 9.01. The minimum atomic E-state index is 0.939. The lowest BCUT2D eigenvalue weighted by molar-refractivity contribution is 0.268. The molecular weight excluding hydrogens is 172 g/mol. The smallest absolute Gasteiger partial charge is 0.0346 e. The number of nitrogens with two attached hydrogens (primary N) is 1. The fourth-order valence-electron chi connectivity index (χ4n) is 2.08.